The molecule has 1 N–H and O–H groups in total. The van der Waals surface area contributed by atoms with E-state index in [0.29, 0.717) is 13.0 Å². The van der Waals surface area contributed by atoms with Crippen LogP contribution in [0.5, 0.6) is 0 Å². The lowest BCUT2D eigenvalue weighted by Gasteiger charge is -2.19. The van der Waals surface area contributed by atoms with E-state index in [2.05, 4.69) is 0 Å². The van der Waals surface area contributed by atoms with E-state index in [9.17, 15) is 14.7 Å². The Balaban J connectivity index is 1.90. The van der Waals surface area contributed by atoms with Crippen LogP contribution >= 0.6 is 0 Å². The average molecular weight is 309 g/mol. The van der Waals surface area contributed by atoms with Gasteiger partial charge in [-0.05, 0) is 23.6 Å². The van der Waals surface area contributed by atoms with Gasteiger partial charge in [0.1, 0.15) is 0 Å². The molecule has 2 aromatic carbocycles. The molecular formula is C19H19NO3. The maximum absolute atomic E-state index is 11.9. The summed E-state index contributed by atoms with van der Waals surface area (Å²) in [6, 6.07) is 17.1. The van der Waals surface area contributed by atoms with Crippen molar-refractivity contribution < 1.29 is 14.7 Å². The fourth-order valence-corrected chi connectivity index (χ4v) is 3.34. The Kier molecular flexibility index (Phi) is 4.15. The van der Waals surface area contributed by atoms with Crippen molar-refractivity contribution in [2.75, 3.05) is 11.4 Å². The summed E-state index contributed by atoms with van der Waals surface area (Å²) in [6.07, 6.45) is 0.486. The van der Waals surface area contributed by atoms with Crippen LogP contribution in [0.1, 0.15) is 36.3 Å². The highest BCUT2D eigenvalue weighted by Gasteiger charge is 2.34. The highest BCUT2D eigenvalue weighted by atomic mass is 16.4. The number of aliphatic carboxylic acids is 1. The van der Waals surface area contributed by atoms with Crippen molar-refractivity contribution in [3.8, 4) is 0 Å². The normalized spacial score (nSPS) is 17.6. The lowest BCUT2D eigenvalue weighted by molar-refractivity contribution is -0.139. The van der Waals surface area contributed by atoms with Gasteiger partial charge in [-0.1, -0.05) is 48.5 Å². The third kappa shape index (κ3) is 2.97. The number of hydrogen-bond acceptors (Lipinski definition) is 2. The largest absolute Gasteiger partial charge is 0.481 e. The van der Waals surface area contributed by atoms with Crippen LogP contribution in [-0.2, 0) is 9.59 Å². The van der Waals surface area contributed by atoms with Crippen molar-refractivity contribution in [1.82, 2.24) is 0 Å². The summed E-state index contributed by atoms with van der Waals surface area (Å²) in [4.78, 5) is 25.3. The molecule has 0 aromatic heterocycles. The minimum atomic E-state index is -0.824. The van der Waals surface area contributed by atoms with Crippen LogP contribution in [-0.4, -0.2) is 23.5 Å². The fourth-order valence-electron chi connectivity index (χ4n) is 3.34. The maximum atomic E-state index is 11.9. The molecule has 0 spiro atoms. The number of anilines is 1. The zero-order valence-corrected chi connectivity index (χ0v) is 13.0. The lowest BCUT2D eigenvalue weighted by Crippen LogP contribution is -2.27. The summed E-state index contributed by atoms with van der Waals surface area (Å²) in [5, 5.41) is 9.63. The van der Waals surface area contributed by atoms with Gasteiger partial charge in [-0.3, -0.25) is 9.59 Å². The van der Waals surface area contributed by atoms with Gasteiger partial charge in [0.25, 0.3) is 0 Å². The van der Waals surface area contributed by atoms with E-state index < -0.39 is 11.9 Å². The van der Waals surface area contributed by atoms with E-state index in [1.807, 2.05) is 54.6 Å². The van der Waals surface area contributed by atoms with Crippen molar-refractivity contribution in [2.24, 2.45) is 0 Å². The number of carboxylic acids is 1. The number of fused-ring (bicyclic) bond motifs is 1. The second-order valence-corrected chi connectivity index (χ2v) is 5.92. The van der Waals surface area contributed by atoms with E-state index >= 15 is 0 Å². The van der Waals surface area contributed by atoms with Crippen molar-refractivity contribution in [1.29, 1.82) is 0 Å². The van der Waals surface area contributed by atoms with Gasteiger partial charge in [0, 0.05) is 25.1 Å². The van der Waals surface area contributed by atoms with Gasteiger partial charge in [-0.15, -0.1) is 0 Å². The first-order valence-electron chi connectivity index (χ1n) is 7.72. The first-order chi connectivity index (χ1) is 11.1. The van der Waals surface area contributed by atoms with Crippen molar-refractivity contribution in [3.63, 3.8) is 0 Å². The predicted molar refractivity (Wildman–Crippen MR) is 88.6 cm³/mol. The lowest BCUT2D eigenvalue weighted by atomic mass is 9.86. The van der Waals surface area contributed by atoms with Crippen molar-refractivity contribution >= 4 is 17.6 Å². The molecule has 0 saturated carbocycles. The quantitative estimate of drug-likeness (QED) is 0.941. The number of hydrogen-bond donors (Lipinski definition) is 1. The molecule has 2 atom stereocenters. The molecule has 0 radical (unpaired) electrons. The summed E-state index contributed by atoms with van der Waals surface area (Å²) in [6.45, 7) is 2.09. The number of benzene rings is 2. The molecule has 1 aliphatic heterocycles. The number of nitrogens with zero attached hydrogens (tertiary/aromatic N) is 1. The minimum absolute atomic E-state index is 0.00784. The van der Waals surface area contributed by atoms with Gasteiger partial charge in [-0.2, -0.15) is 0 Å². The van der Waals surface area contributed by atoms with Gasteiger partial charge in [0.2, 0.25) is 5.91 Å². The van der Waals surface area contributed by atoms with Crippen LogP contribution < -0.4 is 4.90 Å². The Labute approximate surface area is 135 Å². The number of carbonyl (C=O) groups is 2. The molecule has 118 valence electrons. The molecule has 1 heterocycles. The summed E-state index contributed by atoms with van der Waals surface area (Å²) in [5.74, 6) is -1.36. The Hall–Kier alpha value is -2.62. The van der Waals surface area contributed by atoms with Crippen LogP contribution in [0.2, 0.25) is 0 Å². The molecule has 0 saturated heterocycles. The molecule has 23 heavy (non-hydrogen) atoms. The van der Waals surface area contributed by atoms with Gasteiger partial charge in [0.05, 0.1) is 5.92 Å². The second-order valence-electron chi connectivity index (χ2n) is 5.92. The molecule has 0 fully saturated rings. The molecular weight excluding hydrogens is 290 g/mol. The summed E-state index contributed by atoms with van der Waals surface area (Å²) >= 11 is 0. The minimum Gasteiger partial charge on any atom is -0.481 e. The molecule has 2 aromatic rings. The van der Waals surface area contributed by atoms with Crippen LogP contribution in [0.4, 0.5) is 5.69 Å². The zero-order chi connectivity index (χ0) is 16.4. The molecule has 0 bridgehead atoms. The Morgan fingerprint density at radius 3 is 2.43 bits per heavy atom. The standard InChI is InChI=1S/C19H19NO3/c1-13(21)20-12-15(16-9-5-6-10-18(16)20)11-17(19(22)23)14-7-3-2-4-8-14/h2-10,15,17H,11-12H2,1H3,(H,22,23). The third-order valence-electron chi connectivity index (χ3n) is 4.47. The number of carbonyl (C=O) groups excluding carboxylic acids is 1. The number of para-hydroxylation sites is 1. The van der Waals surface area contributed by atoms with E-state index in [0.717, 1.165) is 16.8 Å². The van der Waals surface area contributed by atoms with Gasteiger partial charge < -0.3 is 10.0 Å². The first kappa shape index (κ1) is 15.3. The Bertz CT molecular complexity index is 726. The smallest absolute Gasteiger partial charge is 0.310 e. The molecule has 3 rings (SSSR count). The second kappa shape index (κ2) is 6.24. The third-order valence-corrected chi connectivity index (χ3v) is 4.47. The molecule has 0 aliphatic carbocycles. The molecule has 1 aliphatic rings. The Morgan fingerprint density at radius 1 is 1.13 bits per heavy atom. The van der Waals surface area contributed by atoms with Crippen molar-refractivity contribution in [3.05, 3.63) is 65.7 Å². The molecule has 4 heteroatoms. The average Bonchev–Trinajstić information content (AvgIpc) is 2.92. The molecule has 1 amide bonds. The summed E-state index contributed by atoms with van der Waals surface area (Å²) < 4.78 is 0. The highest BCUT2D eigenvalue weighted by Crippen LogP contribution is 2.41. The predicted octanol–water partition coefficient (Wildman–Crippen LogP) is 3.40. The van der Waals surface area contributed by atoms with Crippen molar-refractivity contribution in [2.45, 2.75) is 25.2 Å². The summed E-state index contributed by atoms with van der Waals surface area (Å²) in [7, 11) is 0. The number of amides is 1. The van der Waals surface area contributed by atoms with Crippen LogP contribution in [0.3, 0.4) is 0 Å². The number of carboxylic acid groups (broad SMARTS) is 1. The van der Waals surface area contributed by atoms with Crippen LogP contribution in [0, 0.1) is 0 Å². The van der Waals surface area contributed by atoms with Crippen LogP contribution in [0.15, 0.2) is 54.6 Å². The highest BCUT2D eigenvalue weighted by molar-refractivity contribution is 5.94. The molecule has 2 unspecified atom stereocenters. The summed E-state index contributed by atoms with van der Waals surface area (Å²) in [5.41, 5.74) is 2.77. The Morgan fingerprint density at radius 2 is 1.78 bits per heavy atom. The monoisotopic (exact) mass is 309 g/mol. The zero-order valence-electron chi connectivity index (χ0n) is 13.0. The van der Waals surface area contributed by atoms with E-state index in [4.69, 9.17) is 0 Å². The van der Waals surface area contributed by atoms with Gasteiger partial charge in [0.15, 0.2) is 0 Å². The van der Waals surface area contributed by atoms with Gasteiger partial charge >= 0.3 is 5.97 Å². The van der Waals surface area contributed by atoms with Gasteiger partial charge in [-0.25, -0.2) is 0 Å². The first-order valence-corrected chi connectivity index (χ1v) is 7.72. The maximum Gasteiger partial charge on any atom is 0.310 e. The van der Waals surface area contributed by atoms with E-state index in [-0.39, 0.29) is 11.8 Å². The SMILES string of the molecule is CC(=O)N1CC(CC(C(=O)O)c2ccccc2)c2ccccc21. The number of rotatable bonds is 4. The van der Waals surface area contributed by atoms with E-state index in [1.54, 1.807) is 11.8 Å². The topological polar surface area (TPSA) is 57.6 Å². The van der Waals surface area contributed by atoms with Crippen LogP contribution in [0.25, 0.3) is 0 Å². The van der Waals surface area contributed by atoms with E-state index in [1.165, 1.54) is 0 Å². The molecule has 4 nitrogen and oxygen atoms in total. The fraction of sp³-hybridized carbons (Fsp3) is 0.263.